The van der Waals surface area contributed by atoms with Crippen molar-refractivity contribution in [1.82, 2.24) is 19.7 Å². The number of aryl methyl sites for hydroxylation is 1. The molecule has 0 atom stereocenters. The molecule has 0 radical (unpaired) electrons. The van der Waals surface area contributed by atoms with Crippen LogP contribution >= 0.6 is 11.3 Å². The zero-order chi connectivity index (χ0) is 23.4. The van der Waals surface area contributed by atoms with Gasteiger partial charge in [0.1, 0.15) is 12.3 Å². The van der Waals surface area contributed by atoms with Crippen LogP contribution in [0.25, 0.3) is 21.6 Å². The van der Waals surface area contributed by atoms with E-state index in [-0.39, 0.29) is 18.4 Å². The lowest BCUT2D eigenvalue weighted by Gasteiger charge is -2.21. The molecule has 0 aliphatic carbocycles. The van der Waals surface area contributed by atoms with Crippen LogP contribution in [0.5, 0.6) is 5.75 Å². The van der Waals surface area contributed by atoms with Crippen LogP contribution in [0.15, 0.2) is 54.0 Å². The lowest BCUT2D eigenvalue weighted by molar-refractivity contribution is -0.116. The van der Waals surface area contributed by atoms with Crippen molar-refractivity contribution in [3.63, 3.8) is 0 Å². The summed E-state index contributed by atoms with van der Waals surface area (Å²) < 4.78 is 6.97. The topological polar surface area (TPSA) is 89.3 Å². The highest BCUT2D eigenvalue weighted by molar-refractivity contribution is 7.13. The number of carbonyl (C=O) groups excluding carboxylic acids is 2. The summed E-state index contributed by atoms with van der Waals surface area (Å²) in [6.07, 6.45) is 1.67. The molecule has 4 rings (SSSR count). The third kappa shape index (κ3) is 4.73. The predicted molar refractivity (Wildman–Crippen MR) is 130 cm³/mol. The normalized spacial score (nSPS) is 10.9. The van der Waals surface area contributed by atoms with E-state index in [4.69, 9.17) is 9.72 Å². The number of rotatable bonds is 8. The molecular weight excluding hydrogens is 438 g/mol. The fourth-order valence-corrected chi connectivity index (χ4v) is 4.26. The first kappa shape index (κ1) is 22.5. The minimum atomic E-state index is -0.286. The summed E-state index contributed by atoms with van der Waals surface area (Å²) in [6.45, 7) is 4.77. The van der Waals surface area contributed by atoms with Gasteiger partial charge in [-0.2, -0.15) is 5.10 Å². The monoisotopic (exact) mass is 463 g/mol. The molecule has 33 heavy (non-hydrogen) atoms. The first-order valence-electron chi connectivity index (χ1n) is 10.7. The van der Waals surface area contributed by atoms with Gasteiger partial charge in [0, 0.05) is 24.8 Å². The fraction of sp³-hybridized carbons (Fsp3) is 0.250. The van der Waals surface area contributed by atoms with E-state index < -0.39 is 0 Å². The van der Waals surface area contributed by atoms with Crippen molar-refractivity contribution in [2.24, 2.45) is 0 Å². The molecule has 1 N–H and O–H groups in total. The van der Waals surface area contributed by atoms with E-state index in [9.17, 15) is 9.59 Å². The minimum absolute atomic E-state index is 0.0768. The summed E-state index contributed by atoms with van der Waals surface area (Å²) in [6, 6.07) is 12.8. The summed E-state index contributed by atoms with van der Waals surface area (Å²) in [5, 5.41) is 9.87. The van der Waals surface area contributed by atoms with Crippen LogP contribution in [0.1, 0.15) is 24.2 Å². The smallest absolute Gasteiger partial charge is 0.255 e. The van der Waals surface area contributed by atoms with E-state index in [1.807, 2.05) is 31.4 Å². The number of nitrogens with zero attached hydrogens (tertiary/aromatic N) is 4. The van der Waals surface area contributed by atoms with E-state index in [0.717, 1.165) is 4.88 Å². The molecule has 4 aromatic rings. The number of anilines is 1. The van der Waals surface area contributed by atoms with Gasteiger partial charge in [0.15, 0.2) is 5.65 Å². The maximum Gasteiger partial charge on any atom is 0.255 e. The summed E-state index contributed by atoms with van der Waals surface area (Å²) in [4.78, 5) is 33.5. The summed E-state index contributed by atoms with van der Waals surface area (Å²) in [5.41, 5.74) is 2.47. The average molecular weight is 464 g/mol. The van der Waals surface area contributed by atoms with Crippen molar-refractivity contribution in [3.8, 4) is 16.3 Å². The molecule has 3 heterocycles. The number of aromatic nitrogens is 3. The summed E-state index contributed by atoms with van der Waals surface area (Å²) >= 11 is 1.56. The quantitative estimate of drug-likeness (QED) is 0.421. The second-order valence-corrected chi connectivity index (χ2v) is 8.28. The number of likely N-dealkylation sites (N-methyl/N-ethyl adjacent to an activating group) is 1. The molecule has 9 heteroatoms. The van der Waals surface area contributed by atoms with Gasteiger partial charge in [-0.25, -0.2) is 9.67 Å². The Hall–Kier alpha value is -3.72. The van der Waals surface area contributed by atoms with Crippen molar-refractivity contribution >= 4 is 39.9 Å². The lowest BCUT2D eigenvalue weighted by Crippen LogP contribution is -2.38. The van der Waals surface area contributed by atoms with Gasteiger partial charge in [-0.3, -0.25) is 9.59 Å². The number of thiophene rings is 1. The number of pyridine rings is 1. The molecule has 170 valence electrons. The van der Waals surface area contributed by atoms with E-state index in [0.29, 0.717) is 46.8 Å². The van der Waals surface area contributed by atoms with Crippen LogP contribution in [0.3, 0.4) is 0 Å². The van der Waals surface area contributed by atoms with E-state index in [1.54, 1.807) is 59.7 Å². The molecule has 0 unspecified atom stereocenters. The number of ether oxygens (including phenoxy) is 1. The van der Waals surface area contributed by atoms with Gasteiger partial charge in [-0.05, 0) is 43.5 Å². The summed E-state index contributed by atoms with van der Waals surface area (Å²) in [7, 11) is 1.57. The third-order valence-electron chi connectivity index (χ3n) is 5.27. The highest BCUT2D eigenvalue weighted by Crippen LogP contribution is 2.28. The Balaban J connectivity index is 1.63. The van der Waals surface area contributed by atoms with Crippen molar-refractivity contribution in [2.45, 2.75) is 20.4 Å². The Labute approximate surface area is 195 Å². The Morgan fingerprint density at radius 1 is 1.18 bits per heavy atom. The second-order valence-electron chi connectivity index (χ2n) is 7.33. The number of hydrogen-bond donors (Lipinski definition) is 1. The molecule has 3 aromatic heterocycles. The van der Waals surface area contributed by atoms with Crippen LogP contribution in [0, 0.1) is 0 Å². The first-order chi connectivity index (χ1) is 16.0. The maximum atomic E-state index is 13.6. The van der Waals surface area contributed by atoms with Gasteiger partial charge in [-0.1, -0.05) is 12.1 Å². The lowest BCUT2D eigenvalue weighted by atomic mass is 10.1. The SMILES string of the molecule is CCN(CC(=O)Nc1cccc(OC)c1)C(=O)c1cc(-c2cccs2)nc2c1cnn2CC. The molecule has 0 bridgehead atoms. The van der Waals surface area contributed by atoms with Crippen LogP contribution < -0.4 is 10.1 Å². The molecule has 0 saturated carbocycles. The van der Waals surface area contributed by atoms with Gasteiger partial charge in [0.25, 0.3) is 5.91 Å². The molecule has 2 amide bonds. The number of amides is 2. The minimum Gasteiger partial charge on any atom is -0.497 e. The number of carbonyl (C=O) groups is 2. The maximum absolute atomic E-state index is 13.6. The Morgan fingerprint density at radius 3 is 2.73 bits per heavy atom. The molecule has 8 nitrogen and oxygen atoms in total. The van der Waals surface area contributed by atoms with Gasteiger partial charge < -0.3 is 15.0 Å². The zero-order valence-electron chi connectivity index (χ0n) is 18.7. The van der Waals surface area contributed by atoms with Gasteiger partial charge in [0.2, 0.25) is 5.91 Å². The first-order valence-corrected chi connectivity index (χ1v) is 11.6. The second kappa shape index (κ2) is 9.83. The largest absolute Gasteiger partial charge is 0.497 e. The highest BCUT2D eigenvalue weighted by Gasteiger charge is 2.23. The van der Waals surface area contributed by atoms with Crippen molar-refractivity contribution in [3.05, 3.63) is 59.6 Å². The molecular formula is C24H25N5O3S. The molecule has 0 aliphatic heterocycles. The standard InChI is InChI=1S/C24H25N5O3S/c1-4-28(15-22(30)26-16-8-6-9-17(12-16)32-3)24(31)18-13-20(21-10-7-11-33-21)27-23-19(18)14-25-29(23)5-2/h6-14H,4-5,15H2,1-3H3,(H,26,30). The Morgan fingerprint density at radius 2 is 2.03 bits per heavy atom. The van der Waals surface area contributed by atoms with Gasteiger partial charge in [-0.15, -0.1) is 11.3 Å². The Bertz CT molecular complexity index is 1280. The Kier molecular flexibility index (Phi) is 6.69. The zero-order valence-corrected chi connectivity index (χ0v) is 19.6. The van der Waals surface area contributed by atoms with Crippen molar-refractivity contribution in [1.29, 1.82) is 0 Å². The highest BCUT2D eigenvalue weighted by atomic mass is 32.1. The van der Waals surface area contributed by atoms with Crippen LogP contribution in [0.4, 0.5) is 5.69 Å². The van der Waals surface area contributed by atoms with Crippen molar-refractivity contribution < 1.29 is 14.3 Å². The number of fused-ring (bicyclic) bond motifs is 1. The van der Waals surface area contributed by atoms with Crippen LogP contribution in [-0.2, 0) is 11.3 Å². The number of hydrogen-bond acceptors (Lipinski definition) is 6. The predicted octanol–water partition coefficient (Wildman–Crippen LogP) is 4.29. The van der Waals surface area contributed by atoms with Gasteiger partial charge in [0.05, 0.1) is 34.8 Å². The third-order valence-corrected chi connectivity index (χ3v) is 6.16. The van der Waals surface area contributed by atoms with Gasteiger partial charge >= 0.3 is 0 Å². The molecule has 0 spiro atoms. The van der Waals surface area contributed by atoms with Crippen molar-refractivity contribution in [2.75, 3.05) is 25.5 Å². The van der Waals surface area contributed by atoms with E-state index in [1.165, 1.54) is 4.90 Å². The molecule has 0 fully saturated rings. The van der Waals surface area contributed by atoms with Crippen LogP contribution in [-0.4, -0.2) is 51.7 Å². The number of benzene rings is 1. The fourth-order valence-electron chi connectivity index (χ4n) is 3.58. The summed E-state index contributed by atoms with van der Waals surface area (Å²) in [5.74, 6) is 0.120. The number of methoxy groups -OCH3 is 1. The van der Waals surface area contributed by atoms with Crippen LogP contribution in [0.2, 0.25) is 0 Å². The number of nitrogens with one attached hydrogen (secondary N) is 1. The molecule has 0 saturated heterocycles. The average Bonchev–Trinajstić information content (AvgIpc) is 3.51. The van der Waals surface area contributed by atoms with E-state index in [2.05, 4.69) is 10.4 Å². The molecule has 0 aliphatic rings. The van der Waals surface area contributed by atoms with E-state index >= 15 is 0 Å². The molecule has 1 aromatic carbocycles.